The molecule has 186 valence electrons. The van der Waals surface area contributed by atoms with Gasteiger partial charge in [0.1, 0.15) is 5.82 Å². The number of amides is 1. The highest BCUT2D eigenvalue weighted by Gasteiger charge is 2.30. The predicted octanol–water partition coefficient (Wildman–Crippen LogP) is 5.63. The predicted molar refractivity (Wildman–Crippen MR) is 137 cm³/mol. The lowest BCUT2D eigenvalue weighted by atomic mass is 10.0. The van der Waals surface area contributed by atoms with Crippen molar-refractivity contribution >= 4 is 33.4 Å². The second-order valence-corrected chi connectivity index (χ2v) is 8.65. The topological polar surface area (TPSA) is 90.0 Å². The largest absolute Gasteiger partial charge is 0.416 e. The summed E-state index contributed by atoms with van der Waals surface area (Å²) in [4.78, 5) is 30.8. The summed E-state index contributed by atoms with van der Waals surface area (Å²) in [6.07, 6.45) is -4.49. The van der Waals surface area contributed by atoms with Crippen LogP contribution in [0.4, 0.5) is 19.0 Å². The van der Waals surface area contributed by atoms with E-state index >= 15 is 0 Å². The molecule has 0 aliphatic carbocycles. The van der Waals surface area contributed by atoms with E-state index < -0.39 is 17.8 Å². The number of nitrogen functional groups attached to an aromatic ring is 1. The Labute approximate surface area is 209 Å². The maximum Gasteiger partial charge on any atom is 0.416 e. The summed E-state index contributed by atoms with van der Waals surface area (Å²) in [5.74, 6) is -0.00741. The van der Waals surface area contributed by atoms with Crippen molar-refractivity contribution in [2.75, 3.05) is 5.73 Å². The summed E-state index contributed by atoms with van der Waals surface area (Å²) < 4.78 is 40.6. The first-order valence-electron chi connectivity index (χ1n) is 11.4. The highest BCUT2D eigenvalue weighted by Crippen LogP contribution is 2.31. The number of nitrogens with two attached hydrogens (primary N) is 1. The number of halogens is 3. The van der Waals surface area contributed by atoms with Gasteiger partial charge in [0.25, 0.3) is 11.5 Å². The molecular formula is C28H21F3N4O2. The van der Waals surface area contributed by atoms with E-state index in [-0.39, 0.29) is 17.2 Å². The summed E-state index contributed by atoms with van der Waals surface area (Å²) in [6, 6.07) is 21.0. The van der Waals surface area contributed by atoms with Gasteiger partial charge in [-0.1, -0.05) is 24.3 Å². The number of nitrogens with one attached hydrogen (secondary N) is 1. The third-order valence-corrected chi connectivity index (χ3v) is 6.19. The van der Waals surface area contributed by atoms with Crippen molar-refractivity contribution in [1.29, 1.82) is 0 Å². The van der Waals surface area contributed by atoms with E-state index in [4.69, 9.17) is 5.73 Å². The molecule has 0 spiro atoms. The minimum absolute atomic E-state index is 0.285. The quantitative estimate of drug-likeness (QED) is 0.312. The standard InChI is InChI=1S/C28H21F3N4O2/c1-16(23-7-4-8-25(32)34-23)33-26(36)17-9-14-24-22(15-17)20-5-2-3-6-21(20)27(37)35(24)19-12-10-18(11-13-19)28(29,30)31/h2-16H,1H3,(H2,32,34)(H,33,36)/t16-/m0/s1. The van der Waals surface area contributed by atoms with E-state index in [0.29, 0.717) is 38.8 Å². The number of benzene rings is 3. The molecule has 0 aliphatic heterocycles. The second-order valence-electron chi connectivity index (χ2n) is 8.65. The molecule has 0 aliphatic rings. The average Bonchev–Trinajstić information content (AvgIpc) is 2.88. The number of carbonyl (C=O) groups excluding carboxylic acids is 1. The number of carbonyl (C=O) groups is 1. The van der Waals surface area contributed by atoms with Gasteiger partial charge in [-0.3, -0.25) is 14.2 Å². The minimum Gasteiger partial charge on any atom is -0.384 e. The maximum atomic E-state index is 13.4. The summed E-state index contributed by atoms with van der Waals surface area (Å²) in [6.45, 7) is 1.79. The Bertz CT molecular complexity index is 1710. The molecular weight excluding hydrogens is 481 g/mol. The Morgan fingerprint density at radius 2 is 1.62 bits per heavy atom. The van der Waals surface area contributed by atoms with E-state index in [1.807, 2.05) is 0 Å². The van der Waals surface area contributed by atoms with Crippen LogP contribution in [0.2, 0.25) is 0 Å². The van der Waals surface area contributed by atoms with Crippen molar-refractivity contribution in [1.82, 2.24) is 14.9 Å². The van der Waals surface area contributed by atoms with E-state index in [2.05, 4.69) is 10.3 Å². The first-order chi connectivity index (χ1) is 17.6. The average molecular weight is 502 g/mol. The Morgan fingerprint density at radius 1 is 0.919 bits per heavy atom. The minimum atomic E-state index is -4.49. The zero-order valence-corrected chi connectivity index (χ0v) is 19.6. The van der Waals surface area contributed by atoms with E-state index in [0.717, 1.165) is 12.1 Å². The van der Waals surface area contributed by atoms with Gasteiger partial charge in [0, 0.05) is 22.0 Å². The molecule has 9 heteroatoms. The molecule has 0 radical (unpaired) electrons. The molecule has 37 heavy (non-hydrogen) atoms. The van der Waals surface area contributed by atoms with Crippen molar-refractivity contribution in [3.8, 4) is 5.69 Å². The van der Waals surface area contributed by atoms with Crippen LogP contribution in [0.5, 0.6) is 0 Å². The Kier molecular flexibility index (Phi) is 5.91. The van der Waals surface area contributed by atoms with Crippen molar-refractivity contribution in [2.24, 2.45) is 0 Å². The highest BCUT2D eigenvalue weighted by molar-refractivity contribution is 6.09. The third kappa shape index (κ3) is 4.51. The molecule has 0 bridgehead atoms. The van der Waals surface area contributed by atoms with E-state index in [1.165, 1.54) is 16.7 Å². The van der Waals surface area contributed by atoms with Crippen LogP contribution in [0.15, 0.2) is 89.7 Å². The fourth-order valence-electron chi connectivity index (χ4n) is 4.34. The van der Waals surface area contributed by atoms with E-state index in [1.54, 1.807) is 67.6 Å². The zero-order valence-electron chi connectivity index (χ0n) is 19.6. The van der Waals surface area contributed by atoms with Gasteiger partial charge in [-0.25, -0.2) is 4.98 Å². The SMILES string of the molecule is C[C@H](NC(=O)c1ccc2c(c1)c1ccccc1c(=O)n2-c1ccc(C(F)(F)F)cc1)c1cccc(N)n1. The van der Waals surface area contributed by atoms with Crippen molar-refractivity contribution < 1.29 is 18.0 Å². The summed E-state index contributed by atoms with van der Waals surface area (Å²) in [7, 11) is 0. The molecule has 6 nitrogen and oxygen atoms in total. The molecule has 1 amide bonds. The number of nitrogens with zero attached hydrogens (tertiary/aromatic N) is 2. The molecule has 0 saturated carbocycles. The Hall–Kier alpha value is -4.66. The fraction of sp³-hybridized carbons (Fsp3) is 0.107. The normalized spacial score (nSPS) is 12.5. The Morgan fingerprint density at radius 3 is 2.30 bits per heavy atom. The lowest BCUT2D eigenvalue weighted by molar-refractivity contribution is -0.137. The van der Waals surface area contributed by atoms with Crippen LogP contribution in [0.3, 0.4) is 0 Å². The van der Waals surface area contributed by atoms with Gasteiger partial charge in [0.15, 0.2) is 0 Å². The van der Waals surface area contributed by atoms with Crippen LogP contribution >= 0.6 is 0 Å². The molecule has 5 rings (SSSR count). The molecule has 0 unspecified atom stereocenters. The molecule has 3 aromatic carbocycles. The molecule has 0 fully saturated rings. The molecule has 2 heterocycles. The first kappa shape index (κ1) is 24.1. The van der Waals surface area contributed by atoms with Crippen LogP contribution in [-0.4, -0.2) is 15.5 Å². The van der Waals surface area contributed by atoms with Crippen LogP contribution in [0, 0.1) is 0 Å². The number of hydrogen-bond acceptors (Lipinski definition) is 4. The summed E-state index contributed by atoms with van der Waals surface area (Å²) >= 11 is 0. The smallest absolute Gasteiger partial charge is 0.384 e. The van der Waals surface area contributed by atoms with Gasteiger partial charge in [0.2, 0.25) is 0 Å². The van der Waals surface area contributed by atoms with Crippen molar-refractivity contribution in [3.05, 3.63) is 112 Å². The molecule has 5 aromatic rings. The molecule has 2 aromatic heterocycles. The number of pyridine rings is 2. The second kappa shape index (κ2) is 9.09. The molecule has 3 N–H and O–H groups in total. The van der Waals surface area contributed by atoms with Gasteiger partial charge in [-0.15, -0.1) is 0 Å². The number of alkyl halides is 3. The van der Waals surface area contributed by atoms with Gasteiger partial charge < -0.3 is 11.1 Å². The monoisotopic (exact) mass is 502 g/mol. The zero-order chi connectivity index (χ0) is 26.3. The van der Waals surface area contributed by atoms with Crippen LogP contribution in [0.25, 0.3) is 27.4 Å². The van der Waals surface area contributed by atoms with Crippen molar-refractivity contribution in [2.45, 2.75) is 19.1 Å². The third-order valence-electron chi connectivity index (χ3n) is 6.19. The fourth-order valence-corrected chi connectivity index (χ4v) is 4.34. The summed E-state index contributed by atoms with van der Waals surface area (Å²) in [5.41, 5.74) is 6.28. The van der Waals surface area contributed by atoms with Gasteiger partial charge in [-0.05, 0) is 73.0 Å². The maximum absolute atomic E-state index is 13.4. The van der Waals surface area contributed by atoms with Crippen LogP contribution in [-0.2, 0) is 6.18 Å². The lowest BCUT2D eigenvalue weighted by Gasteiger charge is -2.16. The number of anilines is 1. The number of hydrogen-bond donors (Lipinski definition) is 2. The van der Waals surface area contributed by atoms with Crippen molar-refractivity contribution in [3.63, 3.8) is 0 Å². The Balaban J connectivity index is 1.62. The first-order valence-corrected chi connectivity index (χ1v) is 11.4. The van der Waals surface area contributed by atoms with Gasteiger partial charge in [-0.2, -0.15) is 13.2 Å². The summed E-state index contributed by atoms with van der Waals surface area (Å²) in [5, 5.41) is 4.52. The number of aromatic nitrogens is 2. The van der Waals surface area contributed by atoms with Gasteiger partial charge in [0.05, 0.1) is 22.8 Å². The van der Waals surface area contributed by atoms with Crippen LogP contribution < -0.4 is 16.6 Å². The highest BCUT2D eigenvalue weighted by atomic mass is 19.4. The molecule has 1 atom stereocenters. The lowest BCUT2D eigenvalue weighted by Crippen LogP contribution is -2.27. The number of rotatable bonds is 4. The molecule has 0 saturated heterocycles. The number of fused-ring (bicyclic) bond motifs is 3. The van der Waals surface area contributed by atoms with Gasteiger partial charge >= 0.3 is 6.18 Å². The van der Waals surface area contributed by atoms with E-state index in [9.17, 15) is 22.8 Å². The van der Waals surface area contributed by atoms with Crippen LogP contribution in [0.1, 0.15) is 34.6 Å².